The molecule has 0 saturated carbocycles. The Kier molecular flexibility index (Phi) is 2.61. The minimum absolute atomic E-state index is 0.898. The second kappa shape index (κ2) is 4.96. The van der Waals surface area contributed by atoms with Gasteiger partial charge in [-0.05, 0) is 18.2 Å². The van der Waals surface area contributed by atoms with Crippen molar-refractivity contribution in [1.82, 2.24) is 9.55 Å². The van der Waals surface area contributed by atoms with Gasteiger partial charge in [0, 0.05) is 39.2 Å². The van der Waals surface area contributed by atoms with Crippen molar-refractivity contribution in [2.24, 2.45) is 0 Å². The van der Waals surface area contributed by atoms with Gasteiger partial charge in [0.25, 0.3) is 0 Å². The molecular formula is C23H14N2O. The largest absolute Gasteiger partial charge is 0.464 e. The van der Waals surface area contributed by atoms with Crippen molar-refractivity contribution in [3.63, 3.8) is 0 Å². The molecule has 0 amide bonds. The third kappa shape index (κ3) is 1.74. The lowest BCUT2D eigenvalue weighted by Crippen LogP contribution is -1.96. The lowest BCUT2D eigenvalue weighted by Gasteiger charge is -2.10. The van der Waals surface area contributed by atoms with Crippen LogP contribution in [-0.2, 0) is 0 Å². The zero-order valence-corrected chi connectivity index (χ0v) is 13.9. The molecule has 3 heteroatoms. The van der Waals surface area contributed by atoms with Gasteiger partial charge in [-0.25, -0.2) is 0 Å². The Morgan fingerprint density at radius 1 is 0.692 bits per heavy atom. The monoisotopic (exact) mass is 334 g/mol. The van der Waals surface area contributed by atoms with Crippen LogP contribution in [0, 0.1) is 0 Å². The van der Waals surface area contributed by atoms with E-state index in [4.69, 9.17) is 4.42 Å². The van der Waals surface area contributed by atoms with Crippen molar-refractivity contribution in [3.8, 4) is 5.69 Å². The number of hydrogen-bond donors (Lipinski definition) is 0. The molecule has 0 fully saturated rings. The first-order chi connectivity index (χ1) is 12.9. The summed E-state index contributed by atoms with van der Waals surface area (Å²) in [5.41, 5.74) is 4.29. The predicted octanol–water partition coefficient (Wildman–Crippen LogP) is 6.08. The molecule has 0 aliphatic rings. The van der Waals surface area contributed by atoms with Crippen LogP contribution in [0.5, 0.6) is 0 Å². The molecule has 0 radical (unpaired) electrons. The number of aromatic nitrogens is 2. The highest BCUT2D eigenvalue weighted by Crippen LogP contribution is 2.36. The Morgan fingerprint density at radius 2 is 1.54 bits per heavy atom. The molecular weight excluding hydrogens is 320 g/mol. The summed E-state index contributed by atoms with van der Waals surface area (Å²) >= 11 is 0. The van der Waals surface area contributed by atoms with Gasteiger partial charge in [-0.15, -0.1) is 0 Å². The molecule has 6 aromatic rings. The highest BCUT2D eigenvalue weighted by atomic mass is 16.3. The van der Waals surface area contributed by atoms with Crippen LogP contribution < -0.4 is 0 Å². The van der Waals surface area contributed by atoms with Crippen LogP contribution in [-0.4, -0.2) is 9.55 Å². The molecule has 3 heterocycles. The molecule has 0 bridgehead atoms. The van der Waals surface area contributed by atoms with Gasteiger partial charge in [0.1, 0.15) is 5.58 Å². The van der Waals surface area contributed by atoms with E-state index in [2.05, 4.69) is 64.1 Å². The number of pyridine rings is 1. The smallest absolute Gasteiger partial charge is 0.135 e. The van der Waals surface area contributed by atoms with E-state index >= 15 is 0 Å². The van der Waals surface area contributed by atoms with Crippen LogP contribution in [0.25, 0.3) is 49.2 Å². The zero-order valence-electron chi connectivity index (χ0n) is 13.9. The van der Waals surface area contributed by atoms with Crippen LogP contribution in [0.2, 0.25) is 0 Å². The lowest BCUT2D eigenvalue weighted by atomic mass is 10.1. The number of fused-ring (bicyclic) bond motifs is 5. The second-order valence-electron chi connectivity index (χ2n) is 6.56. The van der Waals surface area contributed by atoms with Gasteiger partial charge in [0.2, 0.25) is 0 Å². The molecule has 0 saturated heterocycles. The second-order valence-corrected chi connectivity index (χ2v) is 6.56. The molecule has 0 N–H and O–H groups in total. The normalized spacial score (nSPS) is 11.8. The van der Waals surface area contributed by atoms with Crippen molar-refractivity contribution in [2.75, 3.05) is 0 Å². The van der Waals surface area contributed by atoms with Crippen LogP contribution in [0.4, 0.5) is 0 Å². The maximum atomic E-state index is 5.67. The SMILES string of the molecule is c1ccc2c(-n3c4ccccc4c4cc5ccoc5cc43)cncc2c1. The number of rotatable bonds is 1. The van der Waals surface area contributed by atoms with Gasteiger partial charge < -0.3 is 8.98 Å². The molecule has 0 spiro atoms. The Labute approximate surface area is 149 Å². The first-order valence-electron chi connectivity index (χ1n) is 8.64. The average Bonchev–Trinajstić information content (AvgIpc) is 3.27. The van der Waals surface area contributed by atoms with E-state index in [9.17, 15) is 0 Å². The number of benzene rings is 3. The van der Waals surface area contributed by atoms with Gasteiger partial charge in [-0.3, -0.25) is 4.98 Å². The standard InChI is InChI=1S/C23H14N2O/c1-2-6-17-16(5-1)13-24-14-22(17)25-20-8-4-3-7-18(20)19-11-15-9-10-26-23(15)12-21(19)25/h1-14H. The van der Waals surface area contributed by atoms with Crippen LogP contribution in [0.3, 0.4) is 0 Å². The summed E-state index contributed by atoms with van der Waals surface area (Å²) in [7, 11) is 0. The van der Waals surface area contributed by atoms with Gasteiger partial charge in [0.05, 0.1) is 29.2 Å². The van der Waals surface area contributed by atoms with Crippen molar-refractivity contribution < 1.29 is 4.42 Å². The Hall–Kier alpha value is -3.59. The number of para-hydroxylation sites is 1. The highest BCUT2D eigenvalue weighted by Gasteiger charge is 2.15. The summed E-state index contributed by atoms with van der Waals surface area (Å²) in [5, 5.41) is 5.90. The average molecular weight is 334 g/mol. The molecule has 26 heavy (non-hydrogen) atoms. The molecule has 6 rings (SSSR count). The Morgan fingerprint density at radius 3 is 2.50 bits per heavy atom. The molecule has 3 nitrogen and oxygen atoms in total. The maximum absolute atomic E-state index is 5.67. The molecule has 3 aromatic heterocycles. The van der Waals surface area contributed by atoms with E-state index in [-0.39, 0.29) is 0 Å². The minimum Gasteiger partial charge on any atom is -0.464 e. The molecule has 122 valence electrons. The van der Waals surface area contributed by atoms with Crippen LogP contribution in [0.15, 0.2) is 89.8 Å². The predicted molar refractivity (Wildman–Crippen MR) is 106 cm³/mol. The molecule has 0 aliphatic heterocycles. The number of furan rings is 1. The van der Waals surface area contributed by atoms with Crippen molar-refractivity contribution in [2.45, 2.75) is 0 Å². The van der Waals surface area contributed by atoms with Crippen LogP contribution in [0.1, 0.15) is 0 Å². The van der Waals surface area contributed by atoms with Gasteiger partial charge in [-0.1, -0.05) is 42.5 Å². The van der Waals surface area contributed by atoms with Crippen molar-refractivity contribution in [3.05, 3.63) is 85.4 Å². The lowest BCUT2D eigenvalue weighted by molar-refractivity contribution is 0.616. The maximum Gasteiger partial charge on any atom is 0.135 e. The summed E-state index contributed by atoms with van der Waals surface area (Å²) in [6.45, 7) is 0. The number of hydrogen-bond acceptors (Lipinski definition) is 2. The zero-order chi connectivity index (χ0) is 17.1. The van der Waals surface area contributed by atoms with Crippen LogP contribution >= 0.6 is 0 Å². The number of nitrogens with zero attached hydrogens (tertiary/aromatic N) is 2. The van der Waals surface area contributed by atoms with E-state index in [0.717, 1.165) is 27.6 Å². The Balaban J connectivity index is 1.87. The Bertz CT molecular complexity index is 1430. The van der Waals surface area contributed by atoms with Gasteiger partial charge in [0.15, 0.2) is 0 Å². The summed E-state index contributed by atoms with van der Waals surface area (Å²) in [5.74, 6) is 0. The van der Waals surface area contributed by atoms with E-state index < -0.39 is 0 Å². The topological polar surface area (TPSA) is 31.0 Å². The summed E-state index contributed by atoms with van der Waals surface area (Å²) in [6, 6.07) is 23.3. The minimum atomic E-state index is 0.898. The summed E-state index contributed by atoms with van der Waals surface area (Å²) in [4.78, 5) is 4.49. The fourth-order valence-corrected chi connectivity index (χ4v) is 3.96. The fraction of sp³-hybridized carbons (Fsp3) is 0. The molecule has 0 atom stereocenters. The summed E-state index contributed by atoms with van der Waals surface area (Å²) < 4.78 is 7.97. The van der Waals surface area contributed by atoms with Crippen molar-refractivity contribution >= 4 is 43.5 Å². The third-order valence-electron chi connectivity index (χ3n) is 5.13. The molecule has 3 aromatic carbocycles. The van der Waals surface area contributed by atoms with Gasteiger partial charge in [-0.2, -0.15) is 0 Å². The molecule has 0 unspecified atom stereocenters. The highest BCUT2D eigenvalue weighted by molar-refractivity contribution is 6.13. The molecule has 0 aliphatic carbocycles. The first kappa shape index (κ1) is 13.7. The first-order valence-corrected chi connectivity index (χ1v) is 8.64. The van der Waals surface area contributed by atoms with Crippen molar-refractivity contribution in [1.29, 1.82) is 0 Å². The van der Waals surface area contributed by atoms with E-state index in [1.54, 1.807) is 6.26 Å². The third-order valence-corrected chi connectivity index (χ3v) is 5.13. The quantitative estimate of drug-likeness (QED) is 0.365. The fourth-order valence-electron chi connectivity index (χ4n) is 3.96. The van der Waals surface area contributed by atoms with E-state index in [1.807, 2.05) is 24.5 Å². The van der Waals surface area contributed by atoms with Gasteiger partial charge >= 0.3 is 0 Å². The summed E-state index contributed by atoms with van der Waals surface area (Å²) in [6.07, 6.45) is 5.60. The van der Waals surface area contributed by atoms with E-state index in [1.165, 1.54) is 21.7 Å². The van der Waals surface area contributed by atoms with E-state index in [0.29, 0.717) is 0 Å².